The molecule has 9 nitrogen and oxygen atoms in total. The molecule has 0 radical (unpaired) electrons. The number of hydrogen-bond acceptors (Lipinski definition) is 7. The van der Waals surface area contributed by atoms with Crippen LogP contribution in [-0.2, 0) is 0 Å². The first-order valence-corrected chi connectivity index (χ1v) is 9.82. The molecule has 1 N–H and O–H groups in total. The van der Waals surface area contributed by atoms with E-state index in [1.807, 2.05) is 6.92 Å². The van der Waals surface area contributed by atoms with E-state index in [9.17, 15) is 4.79 Å². The lowest BCUT2D eigenvalue weighted by Gasteiger charge is -2.24. The number of likely N-dealkylation sites (tertiary alicyclic amines) is 1. The van der Waals surface area contributed by atoms with Gasteiger partial charge in [-0.2, -0.15) is 9.97 Å². The average Bonchev–Trinajstić information content (AvgIpc) is 3.42. The van der Waals surface area contributed by atoms with E-state index in [4.69, 9.17) is 9.05 Å². The minimum Gasteiger partial charge on any atom is -0.340 e. The van der Waals surface area contributed by atoms with Crippen molar-refractivity contribution in [1.29, 1.82) is 0 Å². The summed E-state index contributed by atoms with van der Waals surface area (Å²) in [6, 6.07) is -0.685. The monoisotopic (exact) mass is 374 g/mol. The van der Waals surface area contributed by atoms with E-state index in [0.717, 1.165) is 31.5 Å². The first-order valence-electron chi connectivity index (χ1n) is 9.82. The summed E-state index contributed by atoms with van der Waals surface area (Å²) in [5.74, 6) is 2.67. The summed E-state index contributed by atoms with van der Waals surface area (Å²) in [6.07, 6.45) is 7.67. The summed E-state index contributed by atoms with van der Waals surface area (Å²) < 4.78 is 10.5. The van der Waals surface area contributed by atoms with Gasteiger partial charge in [0.05, 0.1) is 6.04 Å². The van der Waals surface area contributed by atoms with Gasteiger partial charge in [-0.1, -0.05) is 29.6 Å². The Hall–Kier alpha value is -2.45. The van der Waals surface area contributed by atoms with Crippen LogP contribution in [-0.4, -0.2) is 37.8 Å². The normalized spacial score (nSPS) is 22.1. The summed E-state index contributed by atoms with van der Waals surface area (Å²) >= 11 is 0. The van der Waals surface area contributed by atoms with Gasteiger partial charge in [0, 0.05) is 19.4 Å². The maximum absolute atomic E-state index is 12.8. The van der Waals surface area contributed by atoms with Gasteiger partial charge < -0.3 is 19.3 Å². The Bertz CT molecular complexity index is 782. The zero-order valence-electron chi connectivity index (χ0n) is 15.8. The molecule has 0 aromatic carbocycles. The zero-order chi connectivity index (χ0) is 18.8. The third-order valence-corrected chi connectivity index (χ3v) is 5.49. The highest BCUT2D eigenvalue weighted by Gasteiger charge is 2.34. The zero-order valence-corrected chi connectivity index (χ0v) is 15.8. The Balaban J connectivity index is 1.39. The predicted molar refractivity (Wildman–Crippen MR) is 94.8 cm³/mol. The van der Waals surface area contributed by atoms with Crippen LogP contribution in [0.4, 0.5) is 4.79 Å². The molecule has 2 amide bonds. The third-order valence-electron chi connectivity index (χ3n) is 5.49. The van der Waals surface area contributed by atoms with Crippen LogP contribution in [0.15, 0.2) is 9.05 Å². The molecule has 9 heteroatoms. The Morgan fingerprint density at radius 1 is 1.07 bits per heavy atom. The van der Waals surface area contributed by atoms with Crippen molar-refractivity contribution in [1.82, 2.24) is 30.5 Å². The number of urea groups is 1. The lowest BCUT2D eigenvalue weighted by Crippen LogP contribution is -2.41. The third kappa shape index (κ3) is 3.81. The number of rotatable bonds is 4. The minimum atomic E-state index is -0.351. The molecule has 2 fully saturated rings. The van der Waals surface area contributed by atoms with Gasteiger partial charge in [0.25, 0.3) is 0 Å². The lowest BCUT2D eigenvalue weighted by atomic mass is 9.89. The van der Waals surface area contributed by atoms with Crippen LogP contribution in [0.5, 0.6) is 0 Å². The number of aromatic nitrogens is 4. The predicted octanol–water partition coefficient (Wildman–Crippen LogP) is 3.42. The van der Waals surface area contributed by atoms with Crippen molar-refractivity contribution in [3.8, 4) is 0 Å². The maximum Gasteiger partial charge on any atom is 0.318 e. The van der Waals surface area contributed by atoms with E-state index in [1.54, 1.807) is 11.8 Å². The second-order valence-corrected chi connectivity index (χ2v) is 7.52. The molecular formula is C18H26N6O3. The standard InChI is InChI=1S/C18H26N6O3/c1-11(17-21-15(22-27-17)13-7-4-3-5-8-13)19-18(25)24-10-6-9-14(24)16-20-12(2)26-23-16/h11,13-14H,3-10H2,1-2H3,(H,19,25). The molecule has 2 aromatic heterocycles. The summed E-state index contributed by atoms with van der Waals surface area (Å²) in [5.41, 5.74) is 0. The molecule has 146 valence electrons. The Morgan fingerprint density at radius 3 is 2.59 bits per heavy atom. The number of hydrogen-bond donors (Lipinski definition) is 1. The van der Waals surface area contributed by atoms with Gasteiger partial charge in [-0.05, 0) is 32.6 Å². The second-order valence-electron chi connectivity index (χ2n) is 7.52. The van der Waals surface area contributed by atoms with Crippen LogP contribution in [0.3, 0.4) is 0 Å². The van der Waals surface area contributed by atoms with Gasteiger partial charge in [-0.25, -0.2) is 4.79 Å². The van der Waals surface area contributed by atoms with E-state index >= 15 is 0 Å². The molecular weight excluding hydrogens is 348 g/mol. The minimum absolute atomic E-state index is 0.157. The van der Waals surface area contributed by atoms with Crippen molar-refractivity contribution in [2.45, 2.75) is 76.8 Å². The summed E-state index contributed by atoms with van der Waals surface area (Å²) in [7, 11) is 0. The van der Waals surface area contributed by atoms with Crippen LogP contribution in [0.25, 0.3) is 0 Å². The largest absolute Gasteiger partial charge is 0.340 e. The molecule has 2 aromatic rings. The van der Waals surface area contributed by atoms with E-state index in [2.05, 4.69) is 25.6 Å². The highest BCUT2D eigenvalue weighted by atomic mass is 16.5. The summed E-state index contributed by atoms with van der Waals surface area (Å²) in [6.45, 7) is 4.27. The van der Waals surface area contributed by atoms with Crippen LogP contribution in [0, 0.1) is 6.92 Å². The van der Waals surface area contributed by atoms with E-state index in [0.29, 0.717) is 30.1 Å². The van der Waals surface area contributed by atoms with Crippen LogP contribution < -0.4 is 5.32 Å². The first-order chi connectivity index (χ1) is 13.1. The second kappa shape index (κ2) is 7.66. The fourth-order valence-electron chi connectivity index (χ4n) is 4.01. The maximum atomic E-state index is 12.8. The van der Waals surface area contributed by atoms with Gasteiger partial charge in [0.15, 0.2) is 11.6 Å². The SMILES string of the molecule is Cc1nc(C2CCCN2C(=O)NC(C)c2nc(C3CCCCC3)no2)no1. The molecule has 1 saturated carbocycles. The van der Waals surface area contributed by atoms with Crippen LogP contribution in [0.1, 0.15) is 93.3 Å². The molecule has 0 spiro atoms. The number of carbonyl (C=O) groups excluding carboxylic acids is 1. The Morgan fingerprint density at radius 2 is 1.85 bits per heavy atom. The van der Waals surface area contributed by atoms with Crippen LogP contribution in [0.2, 0.25) is 0 Å². The quantitative estimate of drug-likeness (QED) is 0.873. The number of nitrogens with one attached hydrogen (secondary N) is 1. The highest BCUT2D eigenvalue weighted by Crippen LogP contribution is 2.32. The van der Waals surface area contributed by atoms with Crippen molar-refractivity contribution in [2.24, 2.45) is 0 Å². The topological polar surface area (TPSA) is 110 Å². The van der Waals surface area contributed by atoms with Crippen molar-refractivity contribution >= 4 is 6.03 Å². The van der Waals surface area contributed by atoms with E-state index in [1.165, 1.54) is 19.3 Å². The Kier molecular flexibility index (Phi) is 5.09. The number of carbonyl (C=O) groups is 1. The highest BCUT2D eigenvalue weighted by molar-refractivity contribution is 5.75. The molecule has 4 rings (SSSR count). The van der Waals surface area contributed by atoms with Gasteiger partial charge in [-0.3, -0.25) is 0 Å². The van der Waals surface area contributed by atoms with Crippen molar-refractivity contribution in [2.75, 3.05) is 6.54 Å². The van der Waals surface area contributed by atoms with Crippen LogP contribution >= 0.6 is 0 Å². The van der Waals surface area contributed by atoms with Gasteiger partial charge in [0.1, 0.15) is 6.04 Å². The van der Waals surface area contributed by atoms with Crippen molar-refractivity contribution in [3.63, 3.8) is 0 Å². The molecule has 2 atom stereocenters. The molecule has 1 aliphatic heterocycles. The first kappa shape index (κ1) is 17.9. The molecule has 27 heavy (non-hydrogen) atoms. The fourth-order valence-corrected chi connectivity index (χ4v) is 4.01. The van der Waals surface area contributed by atoms with E-state index in [-0.39, 0.29) is 18.1 Å². The smallest absolute Gasteiger partial charge is 0.318 e. The summed E-state index contributed by atoms with van der Waals surface area (Å²) in [5, 5.41) is 11.1. The molecule has 2 aliphatic rings. The molecule has 2 unspecified atom stereocenters. The lowest BCUT2D eigenvalue weighted by molar-refractivity contribution is 0.184. The summed E-state index contributed by atoms with van der Waals surface area (Å²) in [4.78, 5) is 23.3. The van der Waals surface area contributed by atoms with Gasteiger partial charge >= 0.3 is 6.03 Å². The Labute approximate surface area is 157 Å². The van der Waals surface area contributed by atoms with Crippen molar-refractivity contribution in [3.05, 3.63) is 23.4 Å². The molecule has 1 saturated heterocycles. The van der Waals surface area contributed by atoms with Gasteiger partial charge in [0.2, 0.25) is 11.8 Å². The fraction of sp³-hybridized carbons (Fsp3) is 0.722. The average molecular weight is 374 g/mol. The van der Waals surface area contributed by atoms with E-state index < -0.39 is 0 Å². The number of amides is 2. The molecule has 1 aliphatic carbocycles. The number of aryl methyl sites for hydroxylation is 1. The number of nitrogens with zero attached hydrogens (tertiary/aromatic N) is 5. The van der Waals surface area contributed by atoms with Crippen molar-refractivity contribution < 1.29 is 13.8 Å². The molecule has 3 heterocycles. The van der Waals surface area contributed by atoms with Gasteiger partial charge in [-0.15, -0.1) is 0 Å². The molecule has 0 bridgehead atoms.